The van der Waals surface area contributed by atoms with Gasteiger partial charge in [-0.15, -0.1) is 11.3 Å². The number of hydrogen-bond donors (Lipinski definition) is 2. The normalized spacial score (nSPS) is 15.8. The molecule has 29 heavy (non-hydrogen) atoms. The van der Waals surface area contributed by atoms with Crippen LogP contribution in [-0.2, 0) is 16.0 Å². The maximum Gasteiger partial charge on any atom is 0.348 e. The predicted molar refractivity (Wildman–Crippen MR) is 111 cm³/mol. The molecule has 3 rings (SSSR count). The lowest BCUT2D eigenvalue weighted by molar-refractivity contribution is -0.0574. The van der Waals surface area contributed by atoms with Gasteiger partial charge in [-0.1, -0.05) is 0 Å². The van der Waals surface area contributed by atoms with E-state index in [1.165, 1.54) is 18.4 Å². The second kappa shape index (κ2) is 8.51. The van der Waals surface area contributed by atoms with Crippen LogP contribution in [0.1, 0.15) is 54.7 Å². The predicted octanol–water partition coefficient (Wildman–Crippen LogP) is 2.22. The van der Waals surface area contributed by atoms with Crippen LogP contribution in [0.25, 0.3) is 10.2 Å². The van der Waals surface area contributed by atoms with Crippen LogP contribution in [0, 0.1) is 6.92 Å². The number of esters is 1. The molecule has 0 aromatic carbocycles. The number of carbonyl (C=O) groups excluding carboxylic acids is 1. The number of aliphatic hydroxyl groups is 1. The number of carbonyl (C=O) groups is 1. The molecule has 0 aliphatic heterocycles. The number of aromatic amines is 1. The number of methoxy groups -OCH3 is 1. The van der Waals surface area contributed by atoms with Crippen molar-refractivity contribution in [3.05, 3.63) is 26.6 Å². The first-order valence-corrected chi connectivity index (χ1v) is 10.6. The SMILES string of the molecule is COC(=O)c1sc2nc(CN(CC(O)COC(C)(C)C)C3CC3)[nH]c(=O)c2c1C. The molecular formula is C20H29N3O5S. The minimum atomic E-state index is -0.625. The molecule has 1 fully saturated rings. The van der Waals surface area contributed by atoms with Crippen molar-refractivity contribution in [1.29, 1.82) is 0 Å². The molecule has 2 heterocycles. The van der Waals surface area contributed by atoms with Gasteiger partial charge in [0.2, 0.25) is 0 Å². The molecule has 2 aromatic rings. The van der Waals surface area contributed by atoms with Crippen LogP contribution in [-0.4, -0.2) is 64.0 Å². The van der Waals surface area contributed by atoms with E-state index in [2.05, 4.69) is 14.9 Å². The summed E-state index contributed by atoms with van der Waals surface area (Å²) in [5, 5.41) is 10.8. The van der Waals surface area contributed by atoms with Crippen LogP contribution >= 0.6 is 11.3 Å². The van der Waals surface area contributed by atoms with Gasteiger partial charge in [0.05, 0.1) is 37.4 Å². The van der Waals surface area contributed by atoms with E-state index >= 15 is 0 Å². The molecule has 1 saturated carbocycles. The smallest absolute Gasteiger partial charge is 0.348 e. The minimum absolute atomic E-state index is 0.252. The van der Waals surface area contributed by atoms with Gasteiger partial charge < -0.3 is 19.6 Å². The van der Waals surface area contributed by atoms with Crippen LogP contribution in [0.15, 0.2) is 4.79 Å². The number of thiophene rings is 1. The van der Waals surface area contributed by atoms with Crippen LogP contribution in [0.5, 0.6) is 0 Å². The van der Waals surface area contributed by atoms with Crippen molar-refractivity contribution in [2.75, 3.05) is 20.3 Å². The molecule has 160 valence electrons. The number of nitrogens with one attached hydrogen (secondary N) is 1. The maximum atomic E-state index is 12.6. The molecule has 1 atom stereocenters. The van der Waals surface area contributed by atoms with Gasteiger partial charge >= 0.3 is 5.97 Å². The largest absolute Gasteiger partial charge is 0.465 e. The monoisotopic (exact) mass is 423 g/mol. The van der Waals surface area contributed by atoms with Gasteiger partial charge in [-0.25, -0.2) is 9.78 Å². The van der Waals surface area contributed by atoms with Crippen molar-refractivity contribution in [2.24, 2.45) is 0 Å². The molecule has 9 heteroatoms. The summed E-state index contributed by atoms with van der Waals surface area (Å²) in [6.45, 7) is 8.70. The highest BCUT2D eigenvalue weighted by Gasteiger charge is 2.31. The summed E-state index contributed by atoms with van der Waals surface area (Å²) in [6, 6.07) is 0.371. The van der Waals surface area contributed by atoms with E-state index in [1.807, 2.05) is 20.8 Å². The number of hydrogen-bond acceptors (Lipinski definition) is 8. The zero-order valence-electron chi connectivity index (χ0n) is 17.6. The summed E-state index contributed by atoms with van der Waals surface area (Å²) in [7, 11) is 1.32. The molecule has 1 aliphatic carbocycles. The number of fused-ring (bicyclic) bond motifs is 1. The third-order valence-electron chi connectivity index (χ3n) is 4.79. The molecule has 0 spiro atoms. The van der Waals surface area contributed by atoms with Gasteiger partial charge in [-0.05, 0) is 46.1 Å². The number of ether oxygens (including phenoxy) is 2. The number of H-pyrrole nitrogens is 1. The third kappa shape index (κ3) is 5.42. The second-order valence-electron chi connectivity index (χ2n) is 8.48. The highest BCUT2D eigenvalue weighted by molar-refractivity contribution is 7.20. The van der Waals surface area contributed by atoms with Crippen molar-refractivity contribution < 1.29 is 19.4 Å². The van der Waals surface area contributed by atoms with Gasteiger partial charge in [0.25, 0.3) is 5.56 Å². The number of aryl methyl sites for hydroxylation is 1. The van der Waals surface area contributed by atoms with Gasteiger partial charge in [-0.2, -0.15) is 0 Å². The Labute approximate surface area is 173 Å². The summed E-state index contributed by atoms with van der Waals surface area (Å²) in [5.74, 6) is 0.0593. The van der Waals surface area contributed by atoms with E-state index in [1.54, 1.807) is 6.92 Å². The number of rotatable bonds is 8. The Kier molecular flexibility index (Phi) is 6.42. The van der Waals surface area contributed by atoms with Gasteiger partial charge in [0, 0.05) is 12.6 Å². The van der Waals surface area contributed by atoms with Crippen LogP contribution < -0.4 is 5.56 Å². The first-order valence-electron chi connectivity index (χ1n) is 9.75. The van der Waals surface area contributed by atoms with Crippen LogP contribution in [0.2, 0.25) is 0 Å². The Morgan fingerprint density at radius 1 is 1.41 bits per heavy atom. The van der Waals surface area contributed by atoms with Crippen LogP contribution in [0.4, 0.5) is 0 Å². The van der Waals surface area contributed by atoms with E-state index in [0.717, 1.165) is 12.8 Å². The molecule has 0 bridgehead atoms. The Balaban J connectivity index is 1.78. The quantitative estimate of drug-likeness (QED) is 0.627. The van der Waals surface area contributed by atoms with Crippen molar-refractivity contribution in [3.8, 4) is 0 Å². The summed E-state index contributed by atoms with van der Waals surface area (Å²) in [5.41, 5.74) is 0.0182. The lowest BCUT2D eigenvalue weighted by atomic mass is 10.2. The van der Waals surface area contributed by atoms with Gasteiger partial charge in [0.15, 0.2) is 0 Å². The Morgan fingerprint density at radius 3 is 2.69 bits per heavy atom. The highest BCUT2D eigenvalue weighted by Crippen LogP contribution is 2.30. The second-order valence-corrected chi connectivity index (χ2v) is 9.48. The first kappa shape index (κ1) is 21.9. The average molecular weight is 424 g/mol. The molecular weight excluding hydrogens is 394 g/mol. The fourth-order valence-corrected chi connectivity index (χ4v) is 4.31. The lowest BCUT2D eigenvalue weighted by Gasteiger charge is -2.27. The molecule has 1 unspecified atom stereocenters. The molecule has 0 radical (unpaired) electrons. The van der Waals surface area contributed by atoms with E-state index in [-0.39, 0.29) is 17.8 Å². The van der Waals surface area contributed by atoms with Crippen molar-refractivity contribution in [1.82, 2.24) is 14.9 Å². The highest BCUT2D eigenvalue weighted by atomic mass is 32.1. The lowest BCUT2D eigenvalue weighted by Crippen LogP contribution is -2.38. The topological polar surface area (TPSA) is 105 Å². The van der Waals surface area contributed by atoms with Crippen LogP contribution in [0.3, 0.4) is 0 Å². The summed E-state index contributed by atoms with van der Waals surface area (Å²) >= 11 is 1.17. The molecule has 2 N–H and O–H groups in total. The molecule has 1 aliphatic rings. The standard InChI is InChI=1S/C20H29N3O5S/c1-11-15-17(25)21-14(22-18(15)29-16(11)19(26)27-5)9-23(12-6-7-12)8-13(24)10-28-20(2,3)4/h12-13,24H,6-10H2,1-5H3,(H,21,22,25). The fraction of sp³-hybridized carbons (Fsp3) is 0.650. The van der Waals surface area contributed by atoms with E-state index in [4.69, 9.17) is 9.47 Å². The summed E-state index contributed by atoms with van der Waals surface area (Å²) in [4.78, 5) is 35.0. The Morgan fingerprint density at radius 2 is 2.10 bits per heavy atom. The van der Waals surface area contributed by atoms with Gasteiger partial charge in [-0.3, -0.25) is 9.69 Å². The zero-order chi connectivity index (χ0) is 21.3. The first-order chi connectivity index (χ1) is 13.6. The number of aliphatic hydroxyl groups excluding tert-OH is 1. The number of aromatic nitrogens is 2. The Hall–Kier alpha value is -1.81. The summed E-state index contributed by atoms with van der Waals surface area (Å²) < 4.78 is 10.5. The van der Waals surface area contributed by atoms with Crippen molar-refractivity contribution >= 4 is 27.5 Å². The van der Waals surface area contributed by atoms with Crippen molar-refractivity contribution in [2.45, 2.75) is 64.8 Å². The Bertz CT molecular complexity index is 942. The van der Waals surface area contributed by atoms with E-state index in [9.17, 15) is 14.7 Å². The number of nitrogens with zero attached hydrogens (tertiary/aromatic N) is 2. The maximum absolute atomic E-state index is 12.6. The minimum Gasteiger partial charge on any atom is -0.465 e. The molecule has 2 aromatic heterocycles. The van der Waals surface area contributed by atoms with Gasteiger partial charge in [0.1, 0.15) is 15.5 Å². The summed E-state index contributed by atoms with van der Waals surface area (Å²) in [6.07, 6.45) is 1.49. The molecule has 0 saturated heterocycles. The third-order valence-corrected chi connectivity index (χ3v) is 5.96. The molecule has 0 amide bonds. The zero-order valence-corrected chi connectivity index (χ0v) is 18.4. The average Bonchev–Trinajstić information content (AvgIpc) is 3.42. The van der Waals surface area contributed by atoms with Crippen molar-refractivity contribution in [3.63, 3.8) is 0 Å². The fourth-order valence-electron chi connectivity index (χ4n) is 3.20. The van der Waals surface area contributed by atoms with E-state index in [0.29, 0.717) is 45.6 Å². The molecule has 8 nitrogen and oxygen atoms in total. The van der Waals surface area contributed by atoms with E-state index < -0.39 is 12.1 Å².